The van der Waals surface area contributed by atoms with Gasteiger partial charge in [-0.15, -0.1) is 11.3 Å². The maximum absolute atomic E-state index is 11.9. The fraction of sp³-hybridized carbons (Fsp3) is 0.188. The minimum absolute atomic E-state index is 0.196. The number of anilines is 1. The van der Waals surface area contributed by atoms with Crippen molar-refractivity contribution in [3.63, 3.8) is 0 Å². The smallest absolute Gasteiger partial charge is 0.348 e. The molecule has 0 spiro atoms. The number of ether oxygens (including phenoxy) is 1. The van der Waals surface area contributed by atoms with Gasteiger partial charge in [-0.05, 0) is 26.0 Å². The number of nitrogens with two attached hydrogens (primary N) is 1. The summed E-state index contributed by atoms with van der Waals surface area (Å²) in [5, 5.41) is 0.813. The summed E-state index contributed by atoms with van der Waals surface area (Å²) in [5.41, 5.74) is 8.63. The Labute approximate surface area is 131 Å². The number of esters is 1. The van der Waals surface area contributed by atoms with Crippen LogP contribution in [0.4, 0.5) is 5.95 Å². The molecule has 3 rings (SSSR count). The summed E-state index contributed by atoms with van der Waals surface area (Å²) in [7, 11) is 0. The number of hydrogen-bond donors (Lipinski definition) is 1. The van der Waals surface area contributed by atoms with E-state index < -0.39 is 0 Å². The van der Waals surface area contributed by atoms with Gasteiger partial charge in [-0.3, -0.25) is 0 Å². The van der Waals surface area contributed by atoms with E-state index in [9.17, 15) is 4.79 Å². The van der Waals surface area contributed by atoms with Crippen molar-refractivity contribution in [1.82, 2.24) is 9.97 Å². The van der Waals surface area contributed by atoms with Gasteiger partial charge >= 0.3 is 5.97 Å². The molecule has 0 bridgehead atoms. The van der Waals surface area contributed by atoms with Crippen LogP contribution >= 0.6 is 11.3 Å². The van der Waals surface area contributed by atoms with Crippen molar-refractivity contribution in [1.29, 1.82) is 0 Å². The van der Waals surface area contributed by atoms with E-state index in [-0.39, 0.29) is 11.9 Å². The van der Waals surface area contributed by atoms with Crippen molar-refractivity contribution in [2.75, 3.05) is 12.3 Å². The molecular formula is C16H15N3O2S. The van der Waals surface area contributed by atoms with Gasteiger partial charge in [0.25, 0.3) is 0 Å². The van der Waals surface area contributed by atoms with Gasteiger partial charge in [0, 0.05) is 10.9 Å². The summed E-state index contributed by atoms with van der Waals surface area (Å²) in [6.07, 6.45) is 0. The number of aromatic nitrogens is 2. The van der Waals surface area contributed by atoms with Gasteiger partial charge in [0.05, 0.1) is 12.3 Å². The summed E-state index contributed by atoms with van der Waals surface area (Å²) in [6, 6.07) is 9.75. The Hall–Kier alpha value is -2.47. The van der Waals surface area contributed by atoms with Crippen LogP contribution in [0.2, 0.25) is 0 Å². The molecule has 5 nitrogen and oxygen atoms in total. The molecule has 2 N–H and O–H groups in total. The molecule has 0 fully saturated rings. The molecule has 2 aromatic heterocycles. The quantitative estimate of drug-likeness (QED) is 0.750. The van der Waals surface area contributed by atoms with Gasteiger partial charge in [-0.2, -0.15) is 0 Å². The first-order valence-electron chi connectivity index (χ1n) is 6.89. The second kappa shape index (κ2) is 5.73. The summed E-state index contributed by atoms with van der Waals surface area (Å²) in [6.45, 7) is 4.13. The van der Waals surface area contributed by atoms with E-state index in [4.69, 9.17) is 10.5 Å². The van der Waals surface area contributed by atoms with E-state index in [1.54, 1.807) is 13.0 Å². The van der Waals surface area contributed by atoms with Crippen molar-refractivity contribution in [2.24, 2.45) is 0 Å². The van der Waals surface area contributed by atoms with E-state index in [0.29, 0.717) is 16.3 Å². The number of fused-ring (bicyclic) bond motifs is 1. The molecule has 0 saturated heterocycles. The highest BCUT2D eigenvalue weighted by Crippen LogP contribution is 2.33. The second-order valence-corrected chi connectivity index (χ2v) is 5.88. The van der Waals surface area contributed by atoms with E-state index in [1.807, 2.05) is 31.2 Å². The molecule has 112 valence electrons. The first-order chi connectivity index (χ1) is 10.6. The Bertz CT molecular complexity index is 858. The summed E-state index contributed by atoms with van der Waals surface area (Å²) >= 11 is 1.27. The van der Waals surface area contributed by atoms with Crippen molar-refractivity contribution >= 4 is 33.5 Å². The number of thiophene rings is 1. The molecule has 2 heterocycles. The number of carbonyl (C=O) groups excluding carboxylic acids is 1. The van der Waals surface area contributed by atoms with Crippen LogP contribution in [-0.2, 0) is 4.74 Å². The normalized spacial score (nSPS) is 10.8. The number of nitrogen functional groups attached to an aromatic ring is 1. The SMILES string of the molecule is CCOC(=O)c1cc2c(-c3cccc(C)c3)nc(N)nc2s1. The third-order valence-corrected chi connectivity index (χ3v) is 4.19. The number of hydrogen-bond acceptors (Lipinski definition) is 6. The first-order valence-corrected chi connectivity index (χ1v) is 7.71. The van der Waals surface area contributed by atoms with Crippen LogP contribution < -0.4 is 5.73 Å². The van der Waals surface area contributed by atoms with Crippen LogP contribution in [-0.4, -0.2) is 22.5 Å². The molecule has 3 aromatic rings. The molecule has 0 unspecified atom stereocenters. The number of carbonyl (C=O) groups is 1. The zero-order valence-corrected chi connectivity index (χ0v) is 13.1. The van der Waals surface area contributed by atoms with Gasteiger partial charge in [0.1, 0.15) is 9.71 Å². The van der Waals surface area contributed by atoms with Crippen LogP contribution in [0.25, 0.3) is 21.5 Å². The van der Waals surface area contributed by atoms with Gasteiger partial charge < -0.3 is 10.5 Å². The van der Waals surface area contributed by atoms with Crippen molar-refractivity contribution < 1.29 is 9.53 Å². The van der Waals surface area contributed by atoms with E-state index >= 15 is 0 Å². The predicted octanol–water partition coefficient (Wildman–Crippen LogP) is 3.43. The molecule has 0 aliphatic heterocycles. The lowest BCUT2D eigenvalue weighted by molar-refractivity contribution is 0.0532. The number of nitrogens with zero attached hydrogens (tertiary/aromatic N) is 2. The van der Waals surface area contributed by atoms with Crippen LogP contribution in [0.1, 0.15) is 22.2 Å². The third-order valence-electron chi connectivity index (χ3n) is 3.18. The minimum atomic E-state index is -0.348. The van der Waals surface area contributed by atoms with Gasteiger partial charge in [0.15, 0.2) is 0 Å². The number of benzene rings is 1. The highest BCUT2D eigenvalue weighted by atomic mass is 32.1. The Morgan fingerprint density at radius 2 is 2.14 bits per heavy atom. The lowest BCUT2D eigenvalue weighted by atomic mass is 10.1. The molecule has 1 aromatic carbocycles. The molecule has 6 heteroatoms. The lowest BCUT2D eigenvalue weighted by Gasteiger charge is -2.04. The number of aryl methyl sites for hydroxylation is 1. The molecule has 22 heavy (non-hydrogen) atoms. The Morgan fingerprint density at radius 3 is 2.86 bits per heavy atom. The van der Waals surface area contributed by atoms with Crippen LogP contribution in [0.5, 0.6) is 0 Å². The summed E-state index contributed by atoms with van der Waals surface area (Å²) in [4.78, 5) is 21.7. The first kappa shape index (κ1) is 14.5. The average Bonchev–Trinajstić information content (AvgIpc) is 2.90. The molecule has 0 aliphatic carbocycles. The molecular weight excluding hydrogens is 298 g/mol. The molecule has 0 amide bonds. The number of rotatable bonds is 3. The lowest BCUT2D eigenvalue weighted by Crippen LogP contribution is -2.01. The average molecular weight is 313 g/mol. The van der Waals surface area contributed by atoms with Crippen LogP contribution in [0, 0.1) is 6.92 Å². The fourth-order valence-corrected chi connectivity index (χ4v) is 3.19. The monoisotopic (exact) mass is 313 g/mol. The third kappa shape index (κ3) is 2.65. The second-order valence-electron chi connectivity index (χ2n) is 4.85. The molecule has 0 atom stereocenters. The summed E-state index contributed by atoms with van der Waals surface area (Å²) in [5.74, 6) is -0.152. The van der Waals surface area contributed by atoms with Gasteiger partial charge in [-0.1, -0.05) is 23.8 Å². The van der Waals surface area contributed by atoms with Gasteiger partial charge in [-0.25, -0.2) is 14.8 Å². The Kier molecular flexibility index (Phi) is 3.77. The van der Waals surface area contributed by atoms with E-state index in [2.05, 4.69) is 9.97 Å². The van der Waals surface area contributed by atoms with Crippen molar-refractivity contribution in [3.8, 4) is 11.3 Å². The fourth-order valence-electron chi connectivity index (χ4n) is 2.25. The van der Waals surface area contributed by atoms with Crippen molar-refractivity contribution in [2.45, 2.75) is 13.8 Å². The standard InChI is InChI=1S/C16H15N3O2S/c1-3-21-15(20)12-8-11-13(10-6-4-5-9(2)7-10)18-16(17)19-14(11)22-12/h4-8H,3H2,1-2H3,(H2,17,18,19). The topological polar surface area (TPSA) is 78.1 Å². The zero-order chi connectivity index (χ0) is 15.7. The molecule has 0 radical (unpaired) electrons. The highest BCUT2D eigenvalue weighted by molar-refractivity contribution is 7.20. The zero-order valence-electron chi connectivity index (χ0n) is 12.3. The molecule has 0 saturated carbocycles. The predicted molar refractivity (Wildman–Crippen MR) is 88.0 cm³/mol. The Balaban J connectivity index is 2.19. The van der Waals surface area contributed by atoms with Gasteiger partial charge in [0.2, 0.25) is 5.95 Å². The minimum Gasteiger partial charge on any atom is -0.462 e. The van der Waals surface area contributed by atoms with Crippen LogP contribution in [0.3, 0.4) is 0 Å². The maximum atomic E-state index is 11.9. The largest absolute Gasteiger partial charge is 0.462 e. The maximum Gasteiger partial charge on any atom is 0.348 e. The highest BCUT2D eigenvalue weighted by Gasteiger charge is 2.17. The Morgan fingerprint density at radius 1 is 1.32 bits per heavy atom. The van der Waals surface area contributed by atoms with E-state index in [1.165, 1.54) is 11.3 Å². The van der Waals surface area contributed by atoms with E-state index in [0.717, 1.165) is 22.2 Å². The molecule has 0 aliphatic rings. The van der Waals surface area contributed by atoms with Crippen molar-refractivity contribution in [3.05, 3.63) is 40.8 Å². The van der Waals surface area contributed by atoms with Crippen LogP contribution in [0.15, 0.2) is 30.3 Å². The summed E-state index contributed by atoms with van der Waals surface area (Å²) < 4.78 is 5.04.